The first kappa shape index (κ1) is 12.8. The van der Waals surface area contributed by atoms with Crippen LogP contribution in [0.5, 0.6) is 0 Å². The van der Waals surface area contributed by atoms with E-state index in [1.807, 2.05) is 13.8 Å². The lowest BCUT2D eigenvalue weighted by Crippen LogP contribution is -2.14. The molecule has 2 aromatic rings. The zero-order valence-electron chi connectivity index (χ0n) is 11.3. The van der Waals surface area contributed by atoms with Gasteiger partial charge < -0.3 is 10.3 Å². The van der Waals surface area contributed by atoms with Gasteiger partial charge in [-0.1, -0.05) is 48.3 Å². The summed E-state index contributed by atoms with van der Waals surface area (Å²) < 4.78 is 5.19. The molecule has 1 aromatic heterocycles. The second-order valence-electron chi connectivity index (χ2n) is 5.04. The molecule has 0 aliphatic rings. The molecular formula is C14H19N3O. The number of hydrogen-bond donors (Lipinski definition) is 1. The van der Waals surface area contributed by atoms with Crippen LogP contribution < -0.4 is 5.73 Å². The molecule has 0 saturated heterocycles. The van der Waals surface area contributed by atoms with E-state index < -0.39 is 0 Å². The summed E-state index contributed by atoms with van der Waals surface area (Å²) in [6.45, 7) is 8.14. The highest BCUT2D eigenvalue weighted by Gasteiger charge is 2.18. The summed E-state index contributed by atoms with van der Waals surface area (Å²) in [5.74, 6) is 1.39. The minimum Gasteiger partial charge on any atom is -0.339 e. The zero-order chi connectivity index (χ0) is 13.3. The number of rotatable bonds is 3. The molecule has 0 spiro atoms. The quantitative estimate of drug-likeness (QED) is 0.903. The first-order valence-electron chi connectivity index (χ1n) is 6.14. The van der Waals surface area contributed by atoms with E-state index in [-0.39, 0.29) is 12.0 Å². The van der Waals surface area contributed by atoms with Crippen LogP contribution in [0.4, 0.5) is 0 Å². The SMILES string of the molecule is Cc1cc(C)cc(C(N)c2noc(C(C)C)n2)c1. The van der Waals surface area contributed by atoms with Crippen molar-refractivity contribution < 1.29 is 4.52 Å². The Morgan fingerprint density at radius 1 is 1.11 bits per heavy atom. The van der Waals surface area contributed by atoms with Crippen molar-refractivity contribution >= 4 is 0 Å². The van der Waals surface area contributed by atoms with Gasteiger partial charge in [0.1, 0.15) is 0 Å². The van der Waals surface area contributed by atoms with Gasteiger partial charge in [-0.05, 0) is 19.4 Å². The van der Waals surface area contributed by atoms with Gasteiger partial charge in [0.15, 0.2) is 5.82 Å². The Morgan fingerprint density at radius 3 is 2.22 bits per heavy atom. The molecule has 0 bridgehead atoms. The Hall–Kier alpha value is -1.68. The Kier molecular flexibility index (Phi) is 3.48. The minimum atomic E-state index is -0.333. The summed E-state index contributed by atoms with van der Waals surface area (Å²) in [5.41, 5.74) is 9.58. The van der Waals surface area contributed by atoms with Gasteiger partial charge >= 0.3 is 0 Å². The van der Waals surface area contributed by atoms with Gasteiger partial charge in [0.25, 0.3) is 0 Å². The van der Waals surface area contributed by atoms with Crippen molar-refractivity contribution in [1.29, 1.82) is 0 Å². The molecule has 1 atom stereocenters. The Balaban J connectivity index is 2.31. The van der Waals surface area contributed by atoms with Gasteiger partial charge in [0.2, 0.25) is 5.89 Å². The van der Waals surface area contributed by atoms with Crippen LogP contribution in [0.15, 0.2) is 22.7 Å². The minimum absolute atomic E-state index is 0.220. The molecule has 18 heavy (non-hydrogen) atoms. The molecule has 2 N–H and O–H groups in total. The zero-order valence-corrected chi connectivity index (χ0v) is 11.3. The van der Waals surface area contributed by atoms with Crippen LogP contribution in [0.3, 0.4) is 0 Å². The van der Waals surface area contributed by atoms with E-state index in [1.54, 1.807) is 0 Å². The summed E-state index contributed by atoms with van der Waals surface area (Å²) in [6.07, 6.45) is 0. The summed E-state index contributed by atoms with van der Waals surface area (Å²) in [5, 5.41) is 3.96. The van der Waals surface area contributed by atoms with Crippen molar-refractivity contribution in [3.8, 4) is 0 Å². The molecular weight excluding hydrogens is 226 g/mol. The van der Waals surface area contributed by atoms with Gasteiger partial charge in [0, 0.05) is 5.92 Å². The number of benzene rings is 1. The molecule has 1 unspecified atom stereocenters. The number of aryl methyl sites for hydroxylation is 2. The van der Waals surface area contributed by atoms with Crippen molar-refractivity contribution in [2.45, 2.75) is 39.7 Å². The fraction of sp³-hybridized carbons (Fsp3) is 0.429. The maximum Gasteiger partial charge on any atom is 0.229 e. The predicted molar refractivity (Wildman–Crippen MR) is 70.3 cm³/mol. The van der Waals surface area contributed by atoms with E-state index in [0.29, 0.717) is 11.7 Å². The van der Waals surface area contributed by atoms with Crippen LogP contribution >= 0.6 is 0 Å². The van der Waals surface area contributed by atoms with Crippen LogP contribution in [0, 0.1) is 13.8 Å². The van der Waals surface area contributed by atoms with E-state index in [2.05, 4.69) is 42.2 Å². The molecule has 0 amide bonds. The van der Waals surface area contributed by atoms with Crippen LogP contribution in [0.25, 0.3) is 0 Å². The van der Waals surface area contributed by atoms with Crippen molar-refractivity contribution in [2.24, 2.45) is 5.73 Å². The lowest BCUT2D eigenvalue weighted by Gasteiger charge is -2.09. The van der Waals surface area contributed by atoms with Crippen LogP contribution in [0.2, 0.25) is 0 Å². The van der Waals surface area contributed by atoms with E-state index in [4.69, 9.17) is 10.3 Å². The summed E-state index contributed by atoms with van der Waals surface area (Å²) in [6, 6.07) is 5.90. The highest BCUT2D eigenvalue weighted by atomic mass is 16.5. The van der Waals surface area contributed by atoms with E-state index in [9.17, 15) is 0 Å². The highest BCUT2D eigenvalue weighted by Crippen LogP contribution is 2.21. The molecule has 0 radical (unpaired) electrons. The largest absolute Gasteiger partial charge is 0.339 e. The van der Waals surface area contributed by atoms with Gasteiger partial charge in [-0.15, -0.1) is 0 Å². The molecule has 0 aliphatic heterocycles. The van der Waals surface area contributed by atoms with E-state index >= 15 is 0 Å². The molecule has 1 heterocycles. The summed E-state index contributed by atoms with van der Waals surface area (Å²) >= 11 is 0. The fourth-order valence-electron chi connectivity index (χ4n) is 1.95. The van der Waals surface area contributed by atoms with Gasteiger partial charge in [-0.25, -0.2) is 0 Å². The normalized spacial score (nSPS) is 13.0. The van der Waals surface area contributed by atoms with Crippen molar-refractivity contribution in [2.75, 3.05) is 0 Å². The smallest absolute Gasteiger partial charge is 0.229 e. The van der Waals surface area contributed by atoms with Crippen molar-refractivity contribution in [3.63, 3.8) is 0 Å². The standard InChI is InChI=1S/C14H19N3O/c1-8(2)14-16-13(17-18-14)12(15)11-6-9(3)5-10(4)7-11/h5-8,12H,15H2,1-4H3. The molecule has 0 saturated carbocycles. The highest BCUT2D eigenvalue weighted by molar-refractivity contribution is 5.33. The third kappa shape index (κ3) is 2.59. The molecule has 96 valence electrons. The van der Waals surface area contributed by atoms with Crippen molar-refractivity contribution in [3.05, 3.63) is 46.6 Å². The average Bonchev–Trinajstić information content (AvgIpc) is 2.75. The lowest BCUT2D eigenvalue weighted by atomic mass is 10.0. The summed E-state index contributed by atoms with van der Waals surface area (Å²) in [7, 11) is 0. The number of nitrogens with two attached hydrogens (primary N) is 1. The van der Waals surface area contributed by atoms with Crippen LogP contribution in [0.1, 0.15) is 54.2 Å². The maximum atomic E-state index is 6.18. The monoisotopic (exact) mass is 245 g/mol. The Morgan fingerprint density at radius 2 is 1.72 bits per heavy atom. The van der Waals surface area contributed by atoms with Crippen LogP contribution in [-0.4, -0.2) is 10.1 Å². The van der Waals surface area contributed by atoms with E-state index in [0.717, 1.165) is 5.56 Å². The number of nitrogens with zero attached hydrogens (tertiary/aromatic N) is 2. The second-order valence-corrected chi connectivity index (χ2v) is 5.04. The predicted octanol–water partition coefficient (Wildman–Crippen LogP) is 2.86. The summed E-state index contributed by atoms with van der Waals surface area (Å²) in [4.78, 5) is 4.34. The molecule has 4 heteroatoms. The fourth-order valence-corrected chi connectivity index (χ4v) is 1.95. The topological polar surface area (TPSA) is 64.9 Å². The lowest BCUT2D eigenvalue weighted by molar-refractivity contribution is 0.359. The molecule has 0 fully saturated rings. The third-order valence-electron chi connectivity index (χ3n) is 2.83. The first-order valence-corrected chi connectivity index (χ1v) is 6.14. The number of hydrogen-bond acceptors (Lipinski definition) is 4. The van der Waals surface area contributed by atoms with Crippen molar-refractivity contribution in [1.82, 2.24) is 10.1 Å². The first-order chi connectivity index (χ1) is 8.47. The Labute approximate surface area is 107 Å². The average molecular weight is 245 g/mol. The molecule has 0 aliphatic carbocycles. The Bertz CT molecular complexity index is 525. The van der Waals surface area contributed by atoms with Gasteiger partial charge in [-0.3, -0.25) is 0 Å². The number of aromatic nitrogens is 2. The molecule has 2 rings (SSSR count). The third-order valence-corrected chi connectivity index (χ3v) is 2.83. The maximum absolute atomic E-state index is 6.18. The molecule has 4 nitrogen and oxygen atoms in total. The van der Waals surface area contributed by atoms with Gasteiger partial charge in [-0.2, -0.15) is 4.98 Å². The van der Waals surface area contributed by atoms with Gasteiger partial charge in [0.05, 0.1) is 6.04 Å². The van der Waals surface area contributed by atoms with E-state index in [1.165, 1.54) is 11.1 Å². The molecule has 1 aromatic carbocycles. The van der Waals surface area contributed by atoms with Crippen LogP contribution in [-0.2, 0) is 0 Å². The second kappa shape index (κ2) is 4.90.